The molecule has 2 atom stereocenters. The van der Waals surface area contributed by atoms with Crippen LogP contribution in [0.3, 0.4) is 0 Å². The van der Waals surface area contributed by atoms with Crippen molar-refractivity contribution in [3.8, 4) is 0 Å². The van der Waals surface area contributed by atoms with Crippen molar-refractivity contribution in [2.45, 2.75) is 38.3 Å². The molecule has 15 heavy (non-hydrogen) atoms. The molecule has 5 nitrogen and oxygen atoms in total. The molecule has 5 N–H and O–H groups in total. The summed E-state index contributed by atoms with van der Waals surface area (Å²) in [4.78, 5) is 11.9. The van der Waals surface area contributed by atoms with E-state index in [-0.39, 0.29) is 25.2 Å². The quantitative estimate of drug-likeness (QED) is 0.483. The number of rotatable bonds is 4. The summed E-state index contributed by atoms with van der Waals surface area (Å²) in [5, 5.41) is 20.3. The minimum atomic E-state index is -0.581. The summed E-state index contributed by atoms with van der Waals surface area (Å²) in [5.74, 6) is -0.166. The zero-order chi connectivity index (χ0) is 11.5. The van der Waals surface area contributed by atoms with Crippen molar-refractivity contribution in [2.24, 2.45) is 11.1 Å². The number of hydrogen-bond acceptors (Lipinski definition) is 4. The number of aliphatic hydroxyl groups is 2. The van der Waals surface area contributed by atoms with E-state index in [1.165, 1.54) is 0 Å². The Kier molecular flexibility index (Phi) is 4.07. The molecule has 1 saturated carbocycles. The van der Waals surface area contributed by atoms with Gasteiger partial charge in [-0.25, -0.2) is 0 Å². The van der Waals surface area contributed by atoms with Gasteiger partial charge in [0.1, 0.15) is 0 Å². The second-order valence-electron chi connectivity index (χ2n) is 4.45. The van der Waals surface area contributed by atoms with Gasteiger partial charge in [0.2, 0.25) is 5.91 Å². The number of nitrogens with two attached hydrogens (primary N) is 1. The van der Waals surface area contributed by atoms with Crippen molar-refractivity contribution < 1.29 is 15.0 Å². The minimum absolute atomic E-state index is 0.129. The van der Waals surface area contributed by atoms with Crippen LogP contribution in [0.15, 0.2) is 0 Å². The monoisotopic (exact) mass is 216 g/mol. The number of amides is 1. The maximum absolute atomic E-state index is 11.9. The fraction of sp³-hybridized carbons (Fsp3) is 0.900. The Bertz CT molecular complexity index is 231. The van der Waals surface area contributed by atoms with Gasteiger partial charge in [0.25, 0.3) is 0 Å². The average Bonchev–Trinajstić information content (AvgIpc) is 2.57. The molecule has 2 unspecified atom stereocenters. The number of nitrogens with one attached hydrogen (secondary N) is 1. The number of carbonyl (C=O) groups is 1. The van der Waals surface area contributed by atoms with Crippen LogP contribution in [0.2, 0.25) is 0 Å². The molecule has 0 saturated heterocycles. The Labute approximate surface area is 89.7 Å². The molecular formula is C10H20N2O3. The maximum atomic E-state index is 11.9. The Balaban J connectivity index is 2.59. The molecule has 0 radical (unpaired) electrons. The molecule has 1 fully saturated rings. The zero-order valence-electron chi connectivity index (χ0n) is 9.07. The molecule has 5 heteroatoms. The summed E-state index contributed by atoms with van der Waals surface area (Å²) in [6, 6.07) is -0.710. The van der Waals surface area contributed by atoms with Gasteiger partial charge in [-0.1, -0.05) is 6.42 Å². The molecule has 0 aliphatic heterocycles. The van der Waals surface area contributed by atoms with Crippen molar-refractivity contribution in [1.29, 1.82) is 0 Å². The van der Waals surface area contributed by atoms with Gasteiger partial charge < -0.3 is 21.3 Å². The smallest absolute Gasteiger partial charge is 0.227 e. The largest absolute Gasteiger partial charge is 0.394 e. The molecule has 0 aromatic carbocycles. The fourth-order valence-electron chi connectivity index (χ4n) is 1.97. The van der Waals surface area contributed by atoms with Gasteiger partial charge in [-0.05, 0) is 19.8 Å². The molecule has 1 rings (SSSR count). The van der Waals surface area contributed by atoms with E-state index < -0.39 is 11.5 Å². The van der Waals surface area contributed by atoms with Gasteiger partial charge in [0, 0.05) is 6.04 Å². The van der Waals surface area contributed by atoms with E-state index in [4.69, 9.17) is 15.9 Å². The van der Waals surface area contributed by atoms with Crippen LogP contribution < -0.4 is 11.1 Å². The summed E-state index contributed by atoms with van der Waals surface area (Å²) in [6.45, 7) is 1.33. The van der Waals surface area contributed by atoms with Crippen LogP contribution in [0.25, 0.3) is 0 Å². The Morgan fingerprint density at radius 2 is 2.20 bits per heavy atom. The number of aliphatic hydroxyl groups excluding tert-OH is 2. The van der Waals surface area contributed by atoms with E-state index in [2.05, 4.69) is 5.32 Å². The van der Waals surface area contributed by atoms with Crippen molar-refractivity contribution in [3.63, 3.8) is 0 Å². The minimum Gasteiger partial charge on any atom is -0.394 e. The normalized spacial score (nSPS) is 30.9. The van der Waals surface area contributed by atoms with Gasteiger partial charge in [-0.15, -0.1) is 0 Å². The van der Waals surface area contributed by atoms with Crippen LogP contribution in [0.5, 0.6) is 0 Å². The molecule has 0 aromatic rings. The van der Waals surface area contributed by atoms with Crippen LogP contribution in [-0.2, 0) is 4.79 Å². The summed E-state index contributed by atoms with van der Waals surface area (Å²) < 4.78 is 0. The van der Waals surface area contributed by atoms with Crippen molar-refractivity contribution in [2.75, 3.05) is 13.2 Å². The first-order valence-electron chi connectivity index (χ1n) is 5.33. The second-order valence-corrected chi connectivity index (χ2v) is 4.45. The van der Waals surface area contributed by atoms with Gasteiger partial charge >= 0.3 is 0 Å². The summed E-state index contributed by atoms with van der Waals surface area (Å²) >= 11 is 0. The predicted octanol–water partition coefficient (Wildman–Crippen LogP) is -1.03. The molecule has 0 spiro atoms. The van der Waals surface area contributed by atoms with Crippen LogP contribution >= 0.6 is 0 Å². The maximum Gasteiger partial charge on any atom is 0.227 e. The van der Waals surface area contributed by atoms with Crippen molar-refractivity contribution >= 4 is 5.91 Å². The van der Waals surface area contributed by atoms with Crippen LogP contribution in [-0.4, -0.2) is 41.4 Å². The Hall–Kier alpha value is -0.650. The molecule has 1 amide bonds. The first-order chi connectivity index (χ1) is 7.04. The summed E-state index contributed by atoms with van der Waals surface area (Å²) in [7, 11) is 0. The Morgan fingerprint density at radius 3 is 2.60 bits per heavy atom. The topological polar surface area (TPSA) is 95.6 Å². The molecule has 0 heterocycles. The lowest BCUT2D eigenvalue weighted by molar-refractivity contribution is -0.132. The highest BCUT2D eigenvalue weighted by Gasteiger charge is 2.43. The third-order valence-corrected chi connectivity index (χ3v) is 3.32. The standard InChI is InChI=1S/C10H20N2O3/c1-10(4-2-3-8(10)11)9(15)12-7(5-13)6-14/h7-8,13-14H,2-6,11H2,1H3,(H,12,15). The molecular weight excluding hydrogens is 196 g/mol. The summed E-state index contributed by atoms with van der Waals surface area (Å²) in [5.41, 5.74) is 5.33. The Morgan fingerprint density at radius 1 is 1.60 bits per heavy atom. The van der Waals surface area contributed by atoms with E-state index in [1.54, 1.807) is 0 Å². The van der Waals surface area contributed by atoms with E-state index in [9.17, 15) is 4.79 Å². The lowest BCUT2D eigenvalue weighted by Gasteiger charge is -2.29. The lowest BCUT2D eigenvalue weighted by atomic mass is 9.84. The van der Waals surface area contributed by atoms with Crippen LogP contribution in [0.1, 0.15) is 26.2 Å². The number of hydrogen-bond donors (Lipinski definition) is 4. The molecule has 0 bridgehead atoms. The van der Waals surface area contributed by atoms with Crippen LogP contribution in [0, 0.1) is 5.41 Å². The van der Waals surface area contributed by atoms with Crippen LogP contribution in [0.4, 0.5) is 0 Å². The second kappa shape index (κ2) is 4.92. The van der Waals surface area contributed by atoms with Gasteiger partial charge in [0.15, 0.2) is 0 Å². The first-order valence-corrected chi connectivity index (χ1v) is 5.33. The average molecular weight is 216 g/mol. The molecule has 0 aromatic heterocycles. The van der Waals surface area contributed by atoms with Gasteiger partial charge in [-0.2, -0.15) is 0 Å². The van der Waals surface area contributed by atoms with E-state index in [1.807, 2.05) is 6.92 Å². The first kappa shape index (κ1) is 12.4. The predicted molar refractivity (Wildman–Crippen MR) is 56.0 cm³/mol. The molecule has 1 aliphatic carbocycles. The third kappa shape index (κ3) is 2.48. The SMILES string of the molecule is CC1(C(=O)NC(CO)CO)CCCC1N. The van der Waals surface area contributed by atoms with Crippen molar-refractivity contribution in [1.82, 2.24) is 5.32 Å². The summed E-state index contributed by atoms with van der Waals surface area (Å²) in [6.07, 6.45) is 2.57. The van der Waals surface area contributed by atoms with E-state index >= 15 is 0 Å². The number of carbonyl (C=O) groups excluding carboxylic acids is 1. The highest BCUT2D eigenvalue weighted by molar-refractivity contribution is 5.83. The molecule has 88 valence electrons. The van der Waals surface area contributed by atoms with E-state index in [0.29, 0.717) is 0 Å². The molecule has 1 aliphatic rings. The zero-order valence-corrected chi connectivity index (χ0v) is 9.07. The van der Waals surface area contributed by atoms with Gasteiger partial charge in [0.05, 0.1) is 24.7 Å². The van der Waals surface area contributed by atoms with Gasteiger partial charge in [-0.3, -0.25) is 4.79 Å². The van der Waals surface area contributed by atoms with E-state index in [0.717, 1.165) is 19.3 Å². The lowest BCUT2D eigenvalue weighted by Crippen LogP contribution is -2.52. The van der Waals surface area contributed by atoms with Crippen molar-refractivity contribution in [3.05, 3.63) is 0 Å². The highest BCUT2D eigenvalue weighted by atomic mass is 16.3. The fourth-order valence-corrected chi connectivity index (χ4v) is 1.97. The highest BCUT2D eigenvalue weighted by Crippen LogP contribution is 2.36. The third-order valence-electron chi connectivity index (χ3n) is 3.32.